The number of fused-ring (bicyclic) bond motifs is 2. The molecule has 1 amide bonds. The monoisotopic (exact) mass is 289 g/mol. The van der Waals surface area contributed by atoms with Gasteiger partial charge in [0.2, 0.25) is 0 Å². The zero-order valence-electron chi connectivity index (χ0n) is 11.8. The number of amides is 1. The SMILES string of the molecule is O=C1OC[C@@H]2[C@@H](OCc3ccccc3)[C@@H]3O[C@@H]3CCCN12. The van der Waals surface area contributed by atoms with Crippen molar-refractivity contribution in [2.24, 2.45) is 0 Å². The van der Waals surface area contributed by atoms with Gasteiger partial charge in [-0.05, 0) is 18.4 Å². The summed E-state index contributed by atoms with van der Waals surface area (Å²) in [4.78, 5) is 13.6. The molecule has 0 spiro atoms. The van der Waals surface area contributed by atoms with E-state index in [0.717, 1.165) is 24.9 Å². The second-order valence-corrected chi connectivity index (χ2v) is 5.88. The fraction of sp³-hybridized carbons (Fsp3) is 0.562. The molecule has 1 aromatic rings. The Morgan fingerprint density at radius 2 is 2.14 bits per heavy atom. The van der Waals surface area contributed by atoms with E-state index < -0.39 is 0 Å². The van der Waals surface area contributed by atoms with Crippen LogP contribution in [0.5, 0.6) is 0 Å². The van der Waals surface area contributed by atoms with Gasteiger partial charge in [0, 0.05) is 6.54 Å². The maximum atomic E-state index is 11.8. The maximum Gasteiger partial charge on any atom is 0.410 e. The molecule has 3 saturated heterocycles. The van der Waals surface area contributed by atoms with Gasteiger partial charge in [-0.2, -0.15) is 0 Å². The summed E-state index contributed by atoms with van der Waals surface area (Å²) in [7, 11) is 0. The van der Waals surface area contributed by atoms with Gasteiger partial charge in [0.15, 0.2) is 0 Å². The second kappa shape index (κ2) is 5.31. The van der Waals surface area contributed by atoms with Crippen LogP contribution in [0.2, 0.25) is 0 Å². The van der Waals surface area contributed by atoms with Crippen molar-refractivity contribution in [1.82, 2.24) is 4.90 Å². The highest BCUT2D eigenvalue weighted by Gasteiger charge is 2.53. The van der Waals surface area contributed by atoms with Crippen molar-refractivity contribution in [2.75, 3.05) is 13.2 Å². The molecule has 112 valence electrons. The van der Waals surface area contributed by atoms with Crippen LogP contribution in [-0.2, 0) is 20.8 Å². The number of ether oxygens (including phenoxy) is 3. The minimum absolute atomic E-state index is 0.0171. The number of benzene rings is 1. The molecule has 1 aromatic carbocycles. The molecule has 4 atom stereocenters. The smallest absolute Gasteiger partial charge is 0.410 e. The number of epoxide rings is 1. The van der Waals surface area contributed by atoms with Crippen LogP contribution in [0.4, 0.5) is 4.79 Å². The molecule has 5 heteroatoms. The van der Waals surface area contributed by atoms with E-state index in [9.17, 15) is 4.79 Å². The summed E-state index contributed by atoms with van der Waals surface area (Å²) in [5, 5.41) is 0. The van der Waals surface area contributed by atoms with Gasteiger partial charge in [-0.1, -0.05) is 30.3 Å². The lowest BCUT2D eigenvalue weighted by Gasteiger charge is -2.29. The van der Waals surface area contributed by atoms with Crippen LogP contribution in [0.25, 0.3) is 0 Å². The first-order chi connectivity index (χ1) is 10.3. The standard InChI is InChI=1S/C16H19NO4/c18-16-17-8-4-7-13-15(21-13)14(12(17)10-20-16)19-9-11-5-2-1-3-6-11/h1-3,5-6,12-15H,4,7-10H2/t12-,13-,14-,15-/m1/s1. The van der Waals surface area contributed by atoms with Crippen LogP contribution in [0.15, 0.2) is 30.3 Å². The number of nitrogens with zero attached hydrogens (tertiary/aromatic N) is 1. The van der Waals surface area contributed by atoms with E-state index in [-0.39, 0.29) is 24.3 Å². The lowest BCUT2D eigenvalue weighted by molar-refractivity contribution is -0.0217. The largest absolute Gasteiger partial charge is 0.447 e. The Morgan fingerprint density at radius 1 is 1.29 bits per heavy atom. The molecule has 3 fully saturated rings. The molecule has 21 heavy (non-hydrogen) atoms. The zero-order valence-corrected chi connectivity index (χ0v) is 11.8. The third-order valence-corrected chi connectivity index (χ3v) is 4.51. The summed E-state index contributed by atoms with van der Waals surface area (Å²) in [6.07, 6.45) is 2.05. The van der Waals surface area contributed by atoms with Crippen molar-refractivity contribution in [2.45, 2.75) is 43.8 Å². The predicted molar refractivity (Wildman–Crippen MR) is 74.8 cm³/mol. The van der Waals surface area contributed by atoms with E-state index in [1.165, 1.54) is 0 Å². The first kappa shape index (κ1) is 13.1. The Hall–Kier alpha value is -1.59. The fourth-order valence-electron chi connectivity index (χ4n) is 3.33. The first-order valence-electron chi connectivity index (χ1n) is 7.57. The molecule has 0 N–H and O–H groups in total. The summed E-state index contributed by atoms with van der Waals surface area (Å²) in [6, 6.07) is 10.1. The van der Waals surface area contributed by atoms with Gasteiger partial charge in [-0.15, -0.1) is 0 Å². The van der Waals surface area contributed by atoms with Crippen molar-refractivity contribution in [3.63, 3.8) is 0 Å². The summed E-state index contributed by atoms with van der Waals surface area (Å²) in [5.74, 6) is 0. The normalized spacial score (nSPS) is 34.5. The number of rotatable bonds is 3. The predicted octanol–water partition coefficient (Wildman–Crippen LogP) is 1.95. The fourth-order valence-corrected chi connectivity index (χ4v) is 3.33. The number of carbonyl (C=O) groups is 1. The van der Waals surface area contributed by atoms with Gasteiger partial charge in [0.1, 0.15) is 18.8 Å². The molecule has 5 nitrogen and oxygen atoms in total. The Balaban J connectivity index is 1.49. The molecule has 0 unspecified atom stereocenters. The van der Waals surface area contributed by atoms with Gasteiger partial charge in [0.05, 0.1) is 18.8 Å². The highest BCUT2D eigenvalue weighted by Crippen LogP contribution is 2.37. The van der Waals surface area contributed by atoms with Crippen molar-refractivity contribution in [1.29, 1.82) is 0 Å². The van der Waals surface area contributed by atoms with Gasteiger partial charge in [0.25, 0.3) is 0 Å². The molecular weight excluding hydrogens is 270 g/mol. The number of cyclic esters (lactones) is 1. The molecule has 0 bridgehead atoms. The van der Waals surface area contributed by atoms with E-state index in [4.69, 9.17) is 14.2 Å². The van der Waals surface area contributed by atoms with Crippen molar-refractivity contribution >= 4 is 6.09 Å². The Labute approximate surface area is 123 Å². The third kappa shape index (κ3) is 2.51. The van der Waals surface area contributed by atoms with E-state index in [1.807, 2.05) is 35.2 Å². The minimum atomic E-state index is -0.215. The highest BCUT2D eigenvalue weighted by molar-refractivity contribution is 5.70. The molecule has 4 rings (SSSR count). The number of hydrogen-bond acceptors (Lipinski definition) is 4. The van der Waals surface area contributed by atoms with Gasteiger partial charge in [-0.25, -0.2) is 4.79 Å². The van der Waals surface area contributed by atoms with Crippen LogP contribution in [0.3, 0.4) is 0 Å². The molecule has 3 heterocycles. The lowest BCUT2D eigenvalue weighted by atomic mass is 10.00. The van der Waals surface area contributed by atoms with E-state index >= 15 is 0 Å². The van der Waals surface area contributed by atoms with E-state index in [2.05, 4.69) is 0 Å². The molecule has 3 aliphatic rings. The quantitative estimate of drug-likeness (QED) is 0.798. The van der Waals surface area contributed by atoms with Crippen molar-refractivity contribution in [3.05, 3.63) is 35.9 Å². The third-order valence-electron chi connectivity index (χ3n) is 4.51. The minimum Gasteiger partial charge on any atom is -0.447 e. The average molecular weight is 289 g/mol. The van der Waals surface area contributed by atoms with Crippen LogP contribution in [0, 0.1) is 0 Å². The summed E-state index contributed by atoms with van der Waals surface area (Å²) in [5.41, 5.74) is 1.13. The molecule has 0 saturated carbocycles. The summed E-state index contributed by atoms with van der Waals surface area (Å²) < 4.78 is 17.1. The second-order valence-electron chi connectivity index (χ2n) is 5.88. The van der Waals surface area contributed by atoms with Gasteiger partial charge >= 0.3 is 6.09 Å². The first-order valence-corrected chi connectivity index (χ1v) is 7.57. The zero-order chi connectivity index (χ0) is 14.2. The van der Waals surface area contributed by atoms with Crippen molar-refractivity contribution in [3.8, 4) is 0 Å². The highest BCUT2D eigenvalue weighted by atomic mass is 16.6. The van der Waals surface area contributed by atoms with Crippen LogP contribution in [-0.4, -0.2) is 48.5 Å². The van der Waals surface area contributed by atoms with E-state index in [0.29, 0.717) is 19.3 Å². The molecule has 0 aliphatic carbocycles. The summed E-state index contributed by atoms with van der Waals surface area (Å²) >= 11 is 0. The Morgan fingerprint density at radius 3 is 3.00 bits per heavy atom. The maximum absolute atomic E-state index is 11.8. The van der Waals surface area contributed by atoms with Crippen LogP contribution < -0.4 is 0 Å². The van der Waals surface area contributed by atoms with Crippen LogP contribution in [0.1, 0.15) is 18.4 Å². The lowest BCUT2D eigenvalue weighted by Crippen LogP contribution is -2.48. The molecule has 0 radical (unpaired) electrons. The Bertz CT molecular complexity index is 520. The number of hydrogen-bond donors (Lipinski definition) is 0. The van der Waals surface area contributed by atoms with Crippen LogP contribution >= 0.6 is 0 Å². The van der Waals surface area contributed by atoms with Gasteiger partial charge in [-0.3, -0.25) is 4.90 Å². The Kier molecular flexibility index (Phi) is 3.31. The molecule has 0 aromatic heterocycles. The van der Waals surface area contributed by atoms with E-state index in [1.54, 1.807) is 0 Å². The molecule has 3 aliphatic heterocycles. The molecular formula is C16H19NO4. The topological polar surface area (TPSA) is 51.3 Å². The number of carbonyl (C=O) groups excluding carboxylic acids is 1. The van der Waals surface area contributed by atoms with Gasteiger partial charge < -0.3 is 14.2 Å². The van der Waals surface area contributed by atoms with Crippen molar-refractivity contribution < 1.29 is 19.0 Å². The average Bonchev–Trinajstić information content (AvgIpc) is 3.15. The summed E-state index contributed by atoms with van der Waals surface area (Å²) in [6.45, 7) is 1.68.